The Morgan fingerprint density at radius 3 is 2.67 bits per heavy atom. The van der Waals surface area contributed by atoms with E-state index in [0.717, 1.165) is 16.9 Å². The zero-order chi connectivity index (χ0) is 17.3. The van der Waals surface area contributed by atoms with Gasteiger partial charge < -0.3 is 4.74 Å². The van der Waals surface area contributed by atoms with Crippen LogP contribution in [0.1, 0.15) is 26.8 Å². The van der Waals surface area contributed by atoms with Gasteiger partial charge in [0.05, 0.1) is 24.4 Å². The van der Waals surface area contributed by atoms with Gasteiger partial charge in [-0.05, 0) is 38.5 Å². The molecule has 0 saturated heterocycles. The number of hydrogen-bond donors (Lipinski definition) is 0. The third kappa shape index (κ3) is 2.85. The van der Waals surface area contributed by atoms with Crippen molar-refractivity contribution in [2.75, 3.05) is 6.61 Å². The summed E-state index contributed by atoms with van der Waals surface area (Å²) in [4.78, 5) is 29.5. The molecule has 0 unspecified atom stereocenters. The number of aromatic nitrogens is 2. The van der Waals surface area contributed by atoms with Crippen LogP contribution < -0.4 is 10.3 Å². The fourth-order valence-electron chi connectivity index (χ4n) is 2.53. The van der Waals surface area contributed by atoms with E-state index in [-0.39, 0.29) is 11.3 Å². The molecule has 124 valence electrons. The number of carbonyl (C=O) groups is 1. The number of nitrogens with zero attached hydrogens (tertiary/aromatic N) is 2. The van der Waals surface area contributed by atoms with Gasteiger partial charge in [0.25, 0.3) is 5.56 Å². The molecule has 6 heteroatoms. The van der Waals surface area contributed by atoms with Crippen molar-refractivity contribution in [3.63, 3.8) is 0 Å². The maximum Gasteiger partial charge on any atom is 0.263 e. The summed E-state index contributed by atoms with van der Waals surface area (Å²) in [7, 11) is 0. The first-order chi connectivity index (χ1) is 11.5. The van der Waals surface area contributed by atoms with Crippen LogP contribution in [-0.4, -0.2) is 21.9 Å². The van der Waals surface area contributed by atoms with Crippen LogP contribution in [0.4, 0.5) is 0 Å². The number of Topliss-reactive ketones (excluding diaryl/α,β-unsaturated/α-hetero) is 1. The smallest absolute Gasteiger partial charge is 0.263 e. The highest BCUT2D eigenvalue weighted by molar-refractivity contribution is 7.17. The Bertz CT molecular complexity index is 941. The normalized spacial score (nSPS) is 12.3. The van der Waals surface area contributed by atoms with E-state index in [9.17, 15) is 9.59 Å². The molecule has 0 aliphatic rings. The number of rotatable bonds is 5. The lowest BCUT2D eigenvalue weighted by Crippen LogP contribution is -2.27. The fourth-order valence-corrected chi connectivity index (χ4v) is 3.43. The monoisotopic (exact) mass is 342 g/mol. The molecule has 0 spiro atoms. The summed E-state index contributed by atoms with van der Waals surface area (Å²) in [5.41, 5.74) is 1.57. The number of ether oxygens (including phenoxy) is 1. The Hall–Kier alpha value is -2.47. The molecule has 1 atom stereocenters. The second-order valence-electron chi connectivity index (χ2n) is 5.53. The van der Waals surface area contributed by atoms with Crippen molar-refractivity contribution in [1.82, 2.24) is 9.55 Å². The highest BCUT2D eigenvalue weighted by Crippen LogP contribution is 2.31. The maximum absolute atomic E-state index is 12.9. The van der Waals surface area contributed by atoms with Gasteiger partial charge in [-0.25, -0.2) is 4.98 Å². The standard InChI is InChI=1S/C18H18N2O3S/c1-4-23-14-7-5-13(6-8-14)15-9-24-17-16(15)18(22)20(10-19-17)11(2)12(3)21/h5-11H,4H2,1-3H3/t11-/m1/s1. The molecule has 0 radical (unpaired) electrons. The lowest BCUT2D eigenvalue weighted by Gasteiger charge is -2.11. The van der Waals surface area contributed by atoms with E-state index >= 15 is 0 Å². The van der Waals surface area contributed by atoms with Crippen LogP contribution in [0.2, 0.25) is 0 Å². The molecule has 0 aliphatic heterocycles. The largest absolute Gasteiger partial charge is 0.494 e. The summed E-state index contributed by atoms with van der Waals surface area (Å²) in [6.07, 6.45) is 1.45. The lowest BCUT2D eigenvalue weighted by molar-refractivity contribution is -0.119. The number of fused-ring (bicyclic) bond motifs is 1. The summed E-state index contributed by atoms with van der Waals surface area (Å²) >= 11 is 1.43. The summed E-state index contributed by atoms with van der Waals surface area (Å²) in [6.45, 7) is 5.73. The van der Waals surface area contributed by atoms with Crippen molar-refractivity contribution in [1.29, 1.82) is 0 Å². The highest BCUT2D eigenvalue weighted by atomic mass is 32.1. The van der Waals surface area contributed by atoms with E-state index in [4.69, 9.17) is 4.74 Å². The van der Waals surface area contributed by atoms with Crippen molar-refractivity contribution in [2.45, 2.75) is 26.8 Å². The minimum absolute atomic E-state index is 0.0731. The van der Waals surface area contributed by atoms with E-state index < -0.39 is 6.04 Å². The van der Waals surface area contributed by atoms with E-state index in [1.54, 1.807) is 6.92 Å². The van der Waals surface area contributed by atoms with Gasteiger partial charge in [-0.15, -0.1) is 11.3 Å². The van der Waals surface area contributed by atoms with Crippen molar-refractivity contribution < 1.29 is 9.53 Å². The van der Waals surface area contributed by atoms with Crippen molar-refractivity contribution in [3.8, 4) is 16.9 Å². The topological polar surface area (TPSA) is 61.2 Å². The molecule has 0 aliphatic carbocycles. The van der Waals surface area contributed by atoms with Crippen LogP contribution in [-0.2, 0) is 4.79 Å². The number of thiophene rings is 1. The van der Waals surface area contributed by atoms with Gasteiger partial charge in [0.2, 0.25) is 0 Å². The molecule has 2 heterocycles. The van der Waals surface area contributed by atoms with Gasteiger partial charge in [-0.1, -0.05) is 12.1 Å². The van der Waals surface area contributed by atoms with Crippen molar-refractivity contribution in [2.24, 2.45) is 0 Å². The van der Waals surface area contributed by atoms with E-state index in [2.05, 4.69) is 4.98 Å². The van der Waals surface area contributed by atoms with Crippen LogP contribution in [0, 0.1) is 0 Å². The Kier molecular flexibility index (Phi) is 4.49. The van der Waals surface area contributed by atoms with Crippen LogP contribution in [0.15, 0.2) is 40.8 Å². The molecule has 0 fully saturated rings. The van der Waals surface area contributed by atoms with Crippen LogP contribution in [0.5, 0.6) is 5.75 Å². The molecule has 3 aromatic rings. The molecule has 0 amide bonds. The zero-order valence-electron chi connectivity index (χ0n) is 13.8. The van der Waals surface area contributed by atoms with Gasteiger partial charge in [-0.2, -0.15) is 0 Å². The first-order valence-corrected chi connectivity index (χ1v) is 8.63. The quantitative estimate of drug-likeness (QED) is 0.710. The molecule has 5 nitrogen and oxygen atoms in total. The Morgan fingerprint density at radius 1 is 1.33 bits per heavy atom. The van der Waals surface area contributed by atoms with Crippen LogP contribution in [0.25, 0.3) is 21.3 Å². The van der Waals surface area contributed by atoms with E-state index in [1.165, 1.54) is 29.2 Å². The number of ketones is 1. The molecule has 24 heavy (non-hydrogen) atoms. The van der Waals surface area contributed by atoms with Crippen molar-refractivity contribution >= 4 is 27.3 Å². The first-order valence-electron chi connectivity index (χ1n) is 7.75. The third-order valence-electron chi connectivity index (χ3n) is 4.00. The van der Waals surface area contributed by atoms with Gasteiger partial charge >= 0.3 is 0 Å². The minimum Gasteiger partial charge on any atom is -0.494 e. The molecule has 3 rings (SSSR count). The number of benzene rings is 1. The van der Waals surface area contributed by atoms with Gasteiger partial charge in [0.15, 0.2) is 5.78 Å². The van der Waals surface area contributed by atoms with Gasteiger partial charge in [0, 0.05) is 10.9 Å². The molecule has 0 bridgehead atoms. The van der Waals surface area contributed by atoms with Crippen LogP contribution >= 0.6 is 11.3 Å². The molecule has 1 aromatic carbocycles. The van der Waals surface area contributed by atoms with Crippen LogP contribution in [0.3, 0.4) is 0 Å². The molecule has 0 N–H and O–H groups in total. The summed E-state index contributed by atoms with van der Waals surface area (Å²) in [6, 6.07) is 7.10. The average molecular weight is 342 g/mol. The average Bonchev–Trinajstić information content (AvgIpc) is 3.00. The highest BCUT2D eigenvalue weighted by Gasteiger charge is 2.17. The van der Waals surface area contributed by atoms with E-state index in [0.29, 0.717) is 16.8 Å². The second-order valence-corrected chi connectivity index (χ2v) is 6.39. The molecule has 0 saturated carbocycles. The number of hydrogen-bond acceptors (Lipinski definition) is 5. The third-order valence-corrected chi connectivity index (χ3v) is 4.89. The Labute approximate surface area is 143 Å². The summed E-state index contributed by atoms with van der Waals surface area (Å²) in [5.74, 6) is 0.720. The van der Waals surface area contributed by atoms with Gasteiger partial charge in [-0.3, -0.25) is 14.2 Å². The predicted molar refractivity (Wildman–Crippen MR) is 95.9 cm³/mol. The molecule has 2 aromatic heterocycles. The number of carbonyl (C=O) groups excluding carboxylic acids is 1. The SMILES string of the molecule is CCOc1ccc(-c2csc3ncn([C@H](C)C(C)=O)c(=O)c23)cc1. The fraction of sp³-hybridized carbons (Fsp3) is 0.278. The Balaban J connectivity index is 2.14. The second kappa shape index (κ2) is 6.57. The predicted octanol–water partition coefficient (Wildman–Crippen LogP) is 3.67. The molecular formula is C18H18N2O3S. The zero-order valence-corrected chi connectivity index (χ0v) is 14.6. The maximum atomic E-state index is 12.9. The van der Waals surface area contributed by atoms with E-state index in [1.807, 2.05) is 36.6 Å². The van der Waals surface area contributed by atoms with Gasteiger partial charge in [0.1, 0.15) is 10.6 Å². The molecular weight excluding hydrogens is 324 g/mol. The summed E-state index contributed by atoms with van der Waals surface area (Å²) < 4.78 is 6.85. The lowest BCUT2D eigenvalue weighted by atomic mass is 10.1. The van der Waals surface area contributed by atoms with Crippen molar-refractivity contribution in [3.05, 3.63) is 46.3 Å². The first kappa shape index (κ1) is 16.4. The summed E-state index contributed by atoms with van der Waals surface area (Å²) in [5, 5.41) is 2.48. The Morgan fingerprint density at radius 2 is 2.04 bits per heavy atom. The minimum atomic E-state index is -0.525.